The zero-order valence-electron chi connectivity index (χ0n) is 10.9. The Bertz CT molecular complexity index is 769. The Balaban J connectivity index is 2.05. The predicted molar refractivity (Wildman–Crippen MR) is 77.4 cm³/mol. The van der Waals surface area contributed by atoms with Crippen LogP contribution in [0.4, 0.5) is 4.39 Å². The summed E-state index contributed by atoms with van der Waals surface area (Å²) in [4.78, 5) is 0. The maximum Gasteiger partial charge on any atom is 0.187 e. The van der Waals surface area contributed by atoms with Gasteiger partial charge in [-0.2, -0.15) is 4.68 Å². The largest absolute Gasteiger partial charge is 0.326 e. The van der Waals surface area contributed by atoms with E-state index >= 15 is 0 Å². The van der Waals surface area contributed by atoms with Crippen LogP contribution >= 0.6 is 11.6 Å². The Labute approximate surface area is 125 Å². The fourth-order valence-corrected chi connectivity index (χ4v) is 2.12. The van der Waals surface area contributed by atoms with Crippen molar-refractivity contribution < 1.29 is 4.39 Å². The molecule has 1 aromatic heterocycles. The smallest absolute Gasteiger partial charge is 0.187 e. The first-order valence-electron chi connectivity index (χ1n) is 6.22. The lowest BCUT2D eigenvalue weighted by Crippen LogP contribution is -2.01. The van der Waals surface area contributed by atoms with Gasteiger partial charge in [-0.15, -0.1) is 5.10 Å². The summed E-state index contributed by atoms with van der Waals surface area (Å²) in [5.41, 5.74) is 8.01. The summed E-state index contributed by atoms with van der Waals surface area (Å²) in [5.74, 6) is 0.0589. The molecule has 0 saturated carbocycles. The first kappa shape index (κ1) is 13.7. The average molecular weight is 304 g/mol. The van der Waals surface area contributed by atoms with Gasteiger partial charge in [0.2, 0.25) is 0 Å². The predicted octanol–water partition coefficient (Wildman–Crippen LogP) is 2.58. The number of aromatic nitrogens is 4. The van der Waals surface area contributed by atoms with Crippen molar-refractivity contribution >= 4 is 11.6 Å². The van der Waals surface area contributed by atoms with Gasteiger partial charge < -0.3 is 5.73 Å². The number of nitrogens with two attached hydrogens (primary N) is 1. The minimum atomic E-state index is -0.484. The van der Waals surface area contributed by atoms with E-state index < -0.39 is 5.82 Å². The molecule has 0 unspecified atom stereocenters. The molecule has 0 spiro atoms. The molecular formula is C14H11ClFN5. The molecule has 0 saturated heterocycles. The van der Waals surface area contributed by atoms with Crippen LogP contribution in [0.15, 0.2) is 42.5 Å². The second-order valence-corrected chi connectivity index (χ2v) is 4.82. The highest BCUT2D eigenvalue weighted by Crippen LogP contribution is 2.23. The number of hydrogen-bond donors (Lipinski definition) is 1. The number of halogens is 2. The van der Waals surface area contributed by atoms with Gasteiger partial charge in [0, 0.05) is 12.1 Å². The van der Waals surface area contributed by atoms with Crippen LogP contribution in [0.25, 0.3) is 17.1 Å². The van der Waals surface area contributed by atoms with Gasteiger partial charge in [0.1, 0.15) is 5.82 Å². The van der Waals surface area contributed by atoms with Crippen LogP contribution in [0.5, 0.6) is 0 Å². The lowest BCUT2D eigenvalue weighted by molar-refractivity contribution is 0.627. The first-order valence-corrected chi connectivity index (χ1v) is 6.60. The minimum absolute atomic E-state index is 0.0208. The molecule has 0 aliphatic heterocycles. The third kappa shape index (κ3) is 2.63. The highest BCUT2D eigenvalue weighted by molar-refractivity contribution is 6.30. The first-order chi connectivity index (χ1) is 10.2. The van der Waals surface area contributed by atoms with Gasteiger partial charge in [0.15, 0.2) is 5.82 Å². The lowest BCUT2D eigenvalue weighted by atomic mass is 10.1. The van der Waals surface area contributed by atoms with Gasteiger partial charge >= 0.3 is 0 Å². The summed E-state index contributed by atoms with van der Waals surface area (Å²) < 4.78 is 14.7. The monoisotopic (exact) mass is 303 g/mol. The molecule has 106 valence electrons. The van der Waals surface area contributed by atoms with E-state index in [1.54, 1.807) is 6.07 Å². The Kier molecular flexibility index (Phi) is 3.64. The summed E-state index contributed by atoms with van der Waals surface area (Å²) in [6.07, 6.45) is 0. The minimum Gasteiger partial charge on any atom is -0.326 e. The van der Waals surface area contributed by atoms with Gasteiger partial charge in [0.25, 0.3) is 0 Å². The van der Waals surface area contributed by atoms with Crippen molar-refractivity contribution in [3.8, 4) is 17.1 Å². The van der Waals surface area contributed by atoms with E-state index in [9.17, 15) is 4.39 Å². The van der Waals surface area contributed by atoms with Crippen molar-refractivity contribution in [1.29, 1.82) is 0 Å². The zero-order valence-corrected chi connectivity index (χ0v) is 11.6. The summed E-state index contributed by atoms with van der Waals surface area (Å²) in [7, 11) is 0. The van der Waals surface area contributed by atoms with Crippen molar-refractivity contribution in [1.82, 2.24) is 20.2 Å². The third-order valence-corrected chi connectivity index (χ3v) is 3.35. The molecule has 0 aliphatic carbocycles. The SMILES string of the molecule is NCc1ccc(-c2nnnn2-c2ccc(F)c(Cl)c2)cc1. The molecule has 5 nitrogen and oxygen atoms in total. The Morgan fingerprint density at radius 3 is 2.57 bits per heavy atom. The van der Waals surface area contributed by atoms with Crippen LogP contribution in [-0.4, -0.2) is 20.2 Å². The summed E-state index contributed by atoms with van der Waals surface area (Å²) >= 11 is 5.80. The fourth-order valence-electron chi connectivity index (χ4n) is 1.95. The van der Waals surface area contributed by atoms with Gasteiger partial charge in [-0.05, 0) is 34.2 Å². The van der Waals surface area contributed by atoms with Crippen LogP contribution in [0.1, 0.15) is 5.56 Å². The van der Waals surface area contributed by atoms with Crippen molar-refractivity contribution in [2.75, 3.05) is 0 Å². The molecule has 0 fully saturated rings. The Morgan fingerprint density at radius 2 is 1.90 bits per heavy atom. The van der Waals surface area contributed by atoms with Crippen LogP contribution < -0.4 is 5.73 Å². The van der Waals surface area contributed by atoms with E-state index in [1.165, 1.54) is 16.8 Å². The van der Waals surface area contributed by atoms with E-state index in [0.29, 0.717) is 18.1 Å². The molecule has 21 heavy (non-hydrogen) atoms. The maximum atomic E-state index is 13.2. The van der Waals surface area contributed by atoms with Crippen molar-refractivity contribution in [2.24, 2.45) is 5.73 Å². The standard InChI is InChI=1S/C14H11ClFN5/c15-12-7-11(5-6-13(12)16)21-14(18-19-20-21)10-3-1-9(8-17)2-4-10/h1-7H,8,17H2. The maximum absolute atomic E-state index is 13.2. The molecule has 0 bridgehead atoms. The topological polar surface area (TPSA) is 69.6 Å². The van der Waals surface area contributed by atoms with E-state index in [0.717, 1.165) is 11.1 Å². The Hall–Kier alpha value is -2.31. The fraction of sp³-hybridized carbons (Fsp3) is 0.0714. The van der Waals surface area contributed by atoms with Crippen molar-refractivity contribution in [2.45, 2.75) is 6.54 Å². The molecule has 2 N–H and O–H groups in total. The average Bonchev–Trinajstić information content (AvgIpc) is 2.99. The quantitative estimate of drug-likeness (QED) is 0.807. The number of tetrazole rings is 1. The molecular weight excluding hydrogens is 293 g/mol. The second kappa shape index (κ2) is 5.59. The van der Waals surface area contributed by atoms with Crippen LogP contribution in [0, 0.1) is 5.82 Å². The number of hydrogen-bond acceptors (Lipinski definition) is 4. The number of nitrogens with zero attached hydrogens (tertiary/aromatic N) is 4. The van der Waals surface area contributed by atoms with Gasteiger partial charge in [-0.1, -0.05) is 35.9 Å². The molecule has 0 radical (unpaired) electrons. The summed E-state index contributed by atoms with van der Waals surface area (Å²) in [5, 5.41) is 11.6. The Morgan fingerprint density at radius 1 is 1.14 bits per heavy atom. The zero-order chi connectivity index (χ0) is 14.8. The van der Waals surface area contributed by atoms with Crippen LogP contribution in [0.2, 0.25) is 5.02 Å². The highest BCUT2D eigenvalue weighted by atomic mass is 35.5. The molecule has 0 amide bonds. The van der Waals surface area contributed by atoms with E-state index in [2.05, 4.69) is 15.5 Å². The van der Waals surface area contributed by atoms with E-state index in [4.69, 9.17) is 17.3 Å². The third-order valence-electron chi connectivity index (χ3n) is 3.07. The van der Waals surface area contributed by atoms with Crippen molar-refractivity contribution in [3.63, 3.8) is 0 Å². The normalized spacial score (nSPS) is 10.8. The lowest BCUT2D eigenvalue weighted by Gasteiger charge is -2.06. The van der Waals surface area contributed by atoms with E-state index in [1.807, 2.05) is 24.3 Å². The molecule has 1 heterocycles. The molecule has 3 rings (SSSR count). The molecule has 3 aromatic rings. The number of rotatable bonds is 3. The van der Waals surface area contributed by atoms with Gasteiger partial charge in [0.05, 0.1) is 10.7 Å². The molecule has 7 heteroatoms. The summed E-state index contributed by atoms with van der Waals surface area (Å²) in [6, 6.07) is 11.9. The molecule has 2 aromatic carbocycles. The summed E-state index contributed by atoms with van der Waals surface area (Å²) in [6.45, 7) is 0.471. The van der Waals surface area contributed by atoms with Gasteiger partial charge in [-0.25, -0.2) is 4.39 Å². The number of benzene rings is 2. The van der Waals surface area contributed by atoms with Gasteiger partial charge in [-0.3, -0.25) is 0 Å². The second-order valence-electron chi connectivity index (χ2n) is 4.41. The van der Waals surface area contributed by atoms with E-state index in [-0.39, 0.29) is 5.02 Å². The molecule has 0 aliphatic rings. The highest BCUT2D eigenvalue weighted by Gasteiger charge is 2.12. The van der Waals surface area contributed by atoms with Crippen LogP contribution in [0.3, 0.4) is 0 Å². The van der Waals surface area contributed by atoms with Crippen molar-refractivity contribution in [3.05, 3.63) is 58.9 Å². The molecule has 0 atom stereocenters. The van der Waals surface area contributed by atoms with Crippen LogP contribution in [-0.2, 0) is 6.54 Å².